The van der Waals surface area contributed by atoms with Crippen LogP contribution in [0.25, 0.3) is 0 Å². The lowest BCUT2D eigenvalue weighted by molar-refractivity contribution is -0.391. The van der Waals surface area contributed by atoms with Crippen LogP contribution in [0.1, 0.15) is 61.5 Å². The van der Waals surface area contributed by atoms with Crippen molar-refractivity contribution in [3.63, 3.8) is 0 Å². The van der Waals surface area contributed by atoms with Crippen LogP contribution in [-0.2, 0) is 30.3 Å². The molecule has 2 aromatic carbocycles. The Bertz CT molecular complexity index is 885. The molecule has 186 valence electrons. The lowest BCUT2D eigenvalue weighted by Gasteiger charge is -2.50. The summed E-state index contributed by atoms with van der Waals surface area (Å²) in [5.74, 6) is 0. The predicted molar refractivity (Wildman–Crippen MR) is 126 cm³/mol. The zero-order valence-corrected chi connectivity index (χ0v) is 20.1. The van der Waals surface area contributed by atoms with Gasteiger partial charge in [-0.1, -0.05) is 67.4 Å². The molecule has 2 fully saturated rings. The largest absolute Gasteiger partial charge is 0.394 e. The lowest BCUT2D eigenvalue weighted by Crippen LogP contribution is -2.61. The Kier molecular flexibility index (Phi) is 8.71. The third-order valence-electron chi connectivity index (χ3n) is 6.37. The number of benzene rings is 2. The smallest absolute Gasteiger partial charge is 0.184 e. The van der Waals surface area contributed by atoms with Crippen molar-refractivity contribution in [2.24, 2.45) is 0 Å². The Morgan fingerprint density at radius 1 is 0.853 bits per heavy atom. The first-order valence-corrected chi connectivity index (χ1v) is 12.2. The third kappa shape index (κ3) is 5.69. The fourth-order valence-corrected chi connectivity index (χ4v) is 4.48. The molecule has 34 heavy (non-hydrogen) atoms. The maximum absolute atomic E-state index is 10.7. The summed E-state index contributed by atoms with van der Waals surface area (Å²) in [5.41, 5.74) is 3.93. The Hall–Kier alpha value is -1.84. The highest BCUT2D eigenvalue weighted by Crippen LogP contribution is 2.42. The van der Waals surface area contributed by atoms with Crippen LogP contribution in [0, 0.1) is 6.92 Å². The van der Waals surface area contributed by atoms with Crippen molar-refractivity contribution in [3.05, 3.63) is 70.8 Å². The fraction of sp³-hybridized carbons (Fsp3) is 0.556. The van der Waals surface area contributed by atoms with Crippen LogP contribution >= 0.6 is 0 Å². The molecule has 2 aliphatic heterocycles. The Balaban J connectivity index is 1.59. The van der Waals surface area contributed by atoms with Crippen LogP contribution in [0.2, 0.25) is 0 Å². The van der Waals surface area contributed by atoms with Crippen LogP contribution in [0.5, 0.6) is 0 Å². The van der Waals surface area contributed by atoms with Gasteiger partial charge >= 0.3 is 0 Å². The van der Waals surface area contributed by atoms with E-state index in [2.05, 4.69) is 6.92 Å². The van der Waals surface area contributed by atoms with Crippen molar-refractivity contribution >= 4 is 0 Å². The van der Waals surface area contributed by atoms with Crippen LogP contribution in [0.4, 0.5) is 0 Å². The number of aryl methyl sites for hydroxylation is 1. The molecule has 2 aliphatic rings. The monoisotopic (exact) mass is 472 g/mol. The number of aliphatic hydroxyl groups excluding tert-OH is 2. The van der Waals surface area contributed by atoms with Gasteiger partial charge in [-0.05, 0) is 25.8 Å². The highest BCUT2D eigenvalue weighted by atomic mass is 16.8. The lowest BCUT2D eigenvalue weighted by atomic mass is 9.93. The van der Waals surface area contributed by atoms with Gasteiger partial charge in [-0.2, -0.15) is 0 Å². The first-order valence-electron chi connectivity index (χ1n) is 12.2. The van der Waals surface area contributed by atoms with Gasteiger partial charge < -0.3 is 33.9 Å². The van der Waals surface area contributed by atoms with Crippen LogP contribution < -0.4 is 0 Å². The molecular formula is C27H36O7. The maximum Gasteiger partial charge on any atom is 0.184 e. The Morgan fingerprint density at radius 3 is 2.09 bits per heavy atom. The van der Waals surface area contributed by atoms with E-state index in [9.17, 15) is 10.2 Å². The predicted octanol–water partition coefficient (Wildman–Crippen LogP) is 3.95. The number of hydrogen-bond donors (Lipinski definition) is 2. The summed E-state index contributed by atoms with van der Waals surface area (Å²) in [6, 6.07) is 15.8. The Morgan fingerprint density at radius 2 is 1.47 bits per heavy atom. The molecule has 0 saturated carbocycles. The van der Waals surface area contributed by atoms with E-state index in [1.54, 1.807) is 0 Å². The minimum absolute atomic E-state index is 0.248. The summed E-state index contributed by atoms with van der Waals surface area (Å²) in [6.45, 7) is 6.87. The van der Waals surface area contributed by atoms with Gasteiger partial charge in [-0.15, -0.1) is 0 Å². The van der Waals surface area contributed by atoms with Crippen molar-refractivity contribution < 1.29 is 33.9 Å². The molecule has 2 saturated heterocycles. The molecule has 7 heteroatoms. The summed E-state index contributed by atoms with van der Waals surface area (Å²) >= 11 is 0. The van der Waals surface area contributed by atoms with E-state index in [0.29, 0.717) is 13.2 Å². The van der Waals surface area contributed by atoms with Crippen molar-refractivity contribution in [3.8, 4) is 0 Å². The van der Waals surface area contributed by atoms with Crippen LogP contribution in [0.3, 0.4) is 0 Å². The van der Waals surface area contributed by atoms with E-state index in [1.807, 2.05) is 62.4 Å². The second kappa shape index (κ2) is 11.7. The number of aliphatic hydroxyl groups is 2. The second-order valence-electron chi connectivity index (χ2n) is 8.97. The number of ether oxygens (including phenoxy) is 5. The quantitative estimate of drug-likeness (QED) is 0.571. The second-order valence-corrected chi connectivity index (χ2v) is 8.97. The molecule has 7 unspecified atom stereocenters. The standard InChI is InChI=1S/C27H36O7/c1-4-6-22-24-25(34-26(31-22)20-13-9-18(10-14-20)16-30-5-2)23(21(29)15-28)32-27(33-24)19-11-7-17(3)8-12-19/h7-14,21-29H,4-6,15-16H2,1-3H3. The zero-order chi connectivity index (χ0) is 24.1. The molecule has 7 atom stereocenters. The molecule has 0 radical (unpaired) electrons. The first kappa shape index (κ1) is 25.3. The van der Waals surface area contributed by atoms with E-state index in [-0.39, 0.29) is 6.10 Å². The fourth-order valence-electron chi connectivity index (χ4n) is 4.48. The molecule has 0 amide bonds. The van der Waals surface area contributed by atoms with Crippen molar-refractivity contribution in [2.45, 2.75) is 83.3 Å². The summed E-state index contributed by atoms with van der Waals surface area (Å²) < 4.78 is 30.8. The summed E-state index contributed by atoms with van der Waals surface area (Å²) in [5, 5.41) is 20.4. The maximum atomic E-state index is 10.7. The average molecular weight is 473 g/mol. The van der Waals surface area contributed by atoms with E-state index in [0.717, 1.165) is 35.1 Å². The minimum atomic E-state index is -1.11. The Labute approximate surface area is 201 Å². The highest BCUT2D eigenvalue weighted by Gasteiger charge is 2.51. The average Bonchev–Trinajstić information content (AvgIpc) is 2.87. The number of fused-ring (bicyclic) bond motifs is 1. The van der Waals surface area contributed by atoms with Crippen LogP contribution in [0.15, 0.2) is 48.5 Å². The highest BCUT2D eigenvalue weighted by molar-refractivity contribution is 5.24. The molecule has 4 rings (SSSR count). The normalized spacial score (nSPS) is 30.0. The summed E-state index contributed by atoms with van der Waals surface area (Å²) in [7, 11) is 0. The van der Waals surface area contributed by atoms with Gasteiger partial charge in [0.25, 0.3) is 0 Å². The molecule has 0 aromatic heterocycles. The minimum Gasteiger partial charge on any atom is -0.394 e. The van der Waals surface area contributed by atoms with Crippen molar-refractivity contribution in [2.75, 3.05) is 13.2 Å². The number of hydrogen-bond acceptors (Lipinski definition) is 7. The van der Waals surface area contributed by atoms with Gasteiger partial charge in [0.15, 0.2) is 12.6 Å². The van der Waals surface area contributed by atoms with Crippen molar-refractivity contribution in [1.29, 1.82) is 0 Å². The molecule has 0 bridgehead atoms. The summed E-state index contributed by atoms with van der Waals surface area (Å²) in [6.07, 6.45) is -2.81. The van der Waals surface area contributed by atoms with Gasteiger partial charge in [-0.25, -0.2) is 0 Å². The van der Waals surface area contributed by atoms with Gasteiger partial charge in [0.1, 0.15) is 24.4 Å². The third-order valence-corrected chi connectivity index (χ3v) is 6.37. The molecule has 0 spiro atoms. The van der Waals surface area contributed by atoms with Crippen molar-refractivity contribution in [1.82, 2.24) is 0 Å². The van der Waals surface area contributed by atoms with Gasteiger partial charge in [0, 0.05) is 17.7 Å². The van der Waals surface area contributed by atoms with E-state index >= 15 is 0 Å². The molecule has 2 heterocycles. The molecule has 2 N–H and O–H groups in total. The topological polar surface area (TPSA) is 86.6 Å². The van der Waals surface area contributed by atoms with E-state index < -0.39 is 43.6 Å². The first-order chi connectivity index (χ1) is 16.5. The van der Waals surface area contributed by atoms with Gasteiger partial charge in [0.05, 0.1) is 19.3 Å². The van der Waals surface area contributed by atoms with Gasteiger partial charge in [-0.3, -0.25) is 0 Å². The summed E-state index contributed by atoms with van der Waals surface area (Å²) in [4.78, 5) is 0. The molecule has 2 aromatic rings. The molecule has 0 aliphatic carbocycles. The zero-order valence-electron chi connectivity index (χ0n) is 20.1. The molecule has 7 nitrogen and oxygen atoms in total. The molecular weight excluding hydrogens is 436 g/mol. The van der Waals surface area contributed by atoms with Crippen LogP contribution in [-0.4, -0.2) is 53.9 Å². The SMILES string of the molecule is CCCC1OC(c2ccc(COCC)cc2)OC2C(C(O)CO)OC(c3ccc(C)cc3)OC12. The number of rotatable bonds is 9. The van der Waals surface area contributed by atoms with Gasteiger partial charge in [0.2, 0.25) is 0 Å². The van der Waals surface area contributed by atoms with E-state index in [1.165, 1.54) is 0 Å². The van der Waals surface area contributed by atoms with E-state index in [4.69, 9.17) is 23.7 Å².